The standard InChI is InChI=1S/C8H7BO4S/c10-5-3-1-2-4-6(9(12)13)8(11)14-7(4)5/h1-3,10-13H. The van der Waals surface area contributed by atoms with Crippen LogP contribution in [0.2, 0.25) is 0 Å². The Morgan fingerprint density at radius 1 is 1.14 bits per heavy atom. The molecular formula is C8H7BO4S. The number of benzene rings is 1. The highest BCUT2D eigenvalue weighted by Crippen LogP contribution is 2.34. The summed E-state index contributed by atoms with van der Waals surface area (Å²) in [5, 5.41) is 37.1. The van der Waals surface area contributed by atoms with E-state index in [1.54, 1.807) is 12.1 Å². The largest absolute Gasteiger partial charge is 0.506 e. The van der Waals surface area contributed by atoms with Crippen LogP contribution in [0.25, 0.3) is 10.1 Å². The van der Waals surface area contributed by atoms with E-state index in [1.165, 1.54) is 6.07 Å². The first-order valence-corrected chi connectivity index (χ1v) is 4.72. The van der Waals surface area contributed by atoms with Gasteiger partial charge in [0.1, 0.15) is 5.75 Å². The van der Waals surface area contributed by atoms with Gasteiger partial charge in [0.05, 0.1) is 4.70 Å². The van der Waals surface area contributed by atoms with Crippen LogP contribution >= 0.6 is 11.3 Å². The summed E-state index contributed by atoms with van der Waals surface area (Å²) in [6.45, 7) is 0. The smallest absolute Gasteiger partial charge is 0.493 e. The maximum Gasteiger partial charge on any atom is 0.493 e. The van der Waals surface area contributed by atoms with Crippen molar-refractivity contribution in [2.75, 3.05) is 0 Å². The fourth-order valence-corrected chi connectivity index (χ4v) is 2.34. The van der Waals surface area contributed by atoms with E-state index in [0.717, 1.165) is 11.3 Å². The van der Waals surface area contributed by atoms with E-state index in [9.17, 15) is 10.2 Å². The van der Waals surface area contributed by atoms with Gasteiger partial charge in [-0.05, 0) is 11.5 Å². The molecule has 0 spiro atoms. The van der Waals surface area contributed by atoms with Crippen molar-refractivity contribution in [3.63, 3.8) is 0 Å². The maximum atomic E-state index is 9.43. The summed E-state index contributed by atoms with van der Waals surface area (Å²) in [6, 6.07) is 4.67. The molecule has 4 N–H and O–H groups in total. The van der Waals surface area contributed by atoms with Gasteiger partial charge in [-0.3, -0.25) is 0 Å². The zero-order valence-electron chi connectivity index (χ0n) is 7.01. The summed E-state index contributed by atoms with van der Waals surface area (Å²) in [7, 11) is -1.73. The molecule has 1 heterocycles. The normalized spacial score (nSPS) is 10.7. The molecule has 2 aromatic rings. The molecule has 14 heavy (non-hydrogen) atoms. The second kappa shape index (κ2) is 3.16. The fraction of sp³-hybridized carbons (Fsp3) is 0. The average Bonchev–Trinajstić information content (AvgIpc) is 2.42. The Labute approximate surface area is 83.8 Å². The molecule has 0 aliphatic carbocycles. The summed E-state index contributed by atoms with van der Waals surface area (Å²) in [6.07, 6.45) is 0. The Hall–Kier alpha value is -1.24. The number of thiophene rings is 1. The van der Waals surface area contributed by atoms with Crippen LogP contribution in [0.4, 0.5) is 0 Å². The van der Waals surface area contributed by atoms with E-state index < -0.39 is 7.12 Å². The summed E-state index contributed by atoms with van der Waals surface area (Å²) < 4.78 is 0.452. The van der Waals surface area contributed by atoms with Crippen molar-refractivity contribution in [1.82, 2.24) is 0 Å². The van der Waals surface area contributed by atoms with Gasteiger partial charge in [-0.15, -0.1) is 0 Å². The van der Waals surface area contributed by atoms with Crippen molar-refractivity contribution in [3.05, 3.63) is 18.2 Å². The van der Waals surface area contributed by atoms with Gasteiger partial charge in [0.15, 0.2) is 5.06 Å². The first-order valence-electron chi connectivity index (χ1n) is 3.90. The maximum absolute atomic E-state index is 9.43. The molecule has 0 aliphatic heterocycles. The monoisotopic (exact) mass is 210 g/mol. The van der Waals surface area contributed by atoms with Crippen LogP contribution in [0.5, 0.6) is 10.8 Å². The lowest BCUT2D eigenvalue weighted by Crippen LogP contribution is -2.29. The quantitative estimate of drug-likeness (QED) is 0.499. The van der Waals surface area contributed by atoms with Gasteiger partial charge in [-0.1, -0.05) is 23.5 Å². The highest BCUT2D eigenvalue weighted by Gasteiger charge is 2.23. The minimum atomic E-state index is -1.73. The number of hydrogen-bond donors (Lipinski definition) is 4. The lowest BCUT2D eigenvalue weighted by atomic mass is 9.80. The predicted molar refractivity (Wildman–Crippen MR) is 55.0 cm³/mol. The van der Waals surface area contributed by atoms with E-state index in [0.29, 0.717) is 10.1 Å². The van der Waals surface area contributed by atoms with Crippen molar-refractivity contribution in [1.29, 1.82) is 0 Å². The molecule has 0 unspecified atom stereocenters. The molecule has 4 nitrogen and oxygen atoms in total. The fourth-order valence-electron chi connectivity index (χ4n) is 1.36. The molecule has 0 radical (unpaired) electrons. The molecule has 6 heteroatoms. The Morgan fingerprint density at radius 3 is 2.50 bits per heavy atom. The number of phenolic OH excluding ortho intramolecular Hbond substituents is 1. The molecule has 0 fully saturated rings. The number of rotatable bonds is 1. The van der Waals surface area contributed by atoms with Crippen molar-refractivity contribution in [2.24, 2.45) is 0 Å². The van der Waals surface area contributed by atoms with Crippen molar-refractivity contribution < 1.29 is 20.3 Å². The predicted octanol–water partition coefficient (Wildman–Crippen LogP) is -0.00770. The Kier molecular flexibility index (Phi) is 2.11. The summed E-state index contributed by atoms with van der Waals surface area (Å²) in [5.74, 6) is 0.0229. The molecule has 0 saturated heterocycles. The van der Waals surface area contributed by atoms with Gasteiger partial charge in [-0.2, -0.15) is 0 Å². The van der Waals surface area contributed by atoms with Crippen LogP contribution < -0.4 is 5.46 Å². The molecule has 0 amide bonds. The molecule has 0 saturated carbocycles. The summed E-state index contributed by atoms with van der Waals surface area (Å²) in [4.78, 5) is 0. The number of phenols is 1. The SMILES string of the molecule is OB(O)c1c(O)sc2c(O)cccc12. The van der Waals surface area contributed by atoms with Crippen LogP contribution in [-0.4, -0.2) is 27.4 Å². The van der Waals surface area contributed by atoms with Crippen molar-refractivity contribution >= 4 is 34.0 Å². The van der Waals surface area contributed by atoms with Gasteiger partial charge < -0.3 is 20.3 Å². The lowest BCUT2D eigenvalue weighted by Gasteiger charge is -1.97. The third-order valence-electron chi connectivity index (χ3n) is 1.97. The van der Waals surface area contributed by atoms with Crippen LogP contribution in [0.15, 0.2) is 18.2 Å². The first kappa shape index (κ1) is 9.33. The number of aromatic hydroxyl groups is 2. The molecule has 72 valence electrons. The van der Waals surface area contributed by atoms with Gasteiger partial charge in [0.2, 0.25) is 0 Å². The average molecular weight is 210 g/mol. The van der Waals surface area contributed by atoms with Gasteiger partial charge in [0, 0.05) is 5.46 Å². The van der Waals surface area contributed by atoms with Crippen molar-refractivity contribution in [2.45, 2.75) is 0 Å². The van der Waals surface area contributed by atoms with E-state index >= 15 is 0 Å². The summed E-state index contributed by atoms with van der Waals surface area (Å²) in [5.41, 5.74) is 0.0425. The first-order chi connectivity index (χ1) is 6.61. The van der Waals surface area contributed by atoms with E-state index in [-0.39, 0.29) is 16.3 Å². The second-order valence-electron chi connectivity index (χ2n) is 2.85. The van der Waals surface area contributed by atoms with E-state index in [2.05, 4.69) is 0 Å². The molecule has 0 atom stereocenters. The molecule has 0 bridgehead atoms. The highest BCUT2D eigenvalue weighted by atomic mass is 32.1. The van der Waals surface area contributed by atoms with Crippen LogP contribution in [0, 0.1) is 0 Å². The third-order valence-corrected chi connectivity index (χ3v) is 3.02. The van der Waals surface area contributed by atoms with Crippen LogP contribution in [0.1, 0.15) is 0 Å². The molecule has 0 aliphatic rings. The molecule has 1 aromatic carbocycles. The molecular weight excluding hydrogens is 203 g/mol. The van der Waals surface area contributed by atoms with E-state index in [4.69, 9.17) is 10.0 Å². The van der Waals surface area contributed by atoms with Gasteiger partial charge >= 0.3 is 7.12 Å². The number of hydrogen-bond acceptors (Lipinski definition) is 5. The highest BCUT2D eigenvalue weighted by molar-refractivity contribution is 7.22. The summed E-state index contributed by atoms with van der Waals surface area (Å²) >= 11 is 0.919. The van der Waals surface area contributed by atoms with Crippen molar-refractivity contribution in [3.8, 4) is 10.8 Å². The van der Waals surface area contributed by atoms with E-state index in [1.807, 2.05) is 0 Å². The lowest BCUT2D eigenvalue weighted by molar-refractivity contribution is 0.422. The molecule has 1 aromatic heterocycles. The topological polar surface area (TPSA) is 80.9 Å². The third kappa shape index (κ3) is 1.24. The van der Waals surface area contributed by atoms with Gasteiger partial charge in [0.25, 0.3) is 0 Å². The zero-order valence-corrected chi connectivity index (χ0v) is 7.82. The van der Waals surface area contributed by atoms with Crippen LogP contribution in [0.3, 0.4) is 0 Å². The minimum Gasteiger partial charge on any atom is -0.506 e. The zero-order chi connectivity index (χ0) is 10.3. The second-order valence-corrected chi connectivity index (χ2v) is 3.85. The Morgan fingerprint density at radius 2 is 1.86 bits per heavy atom. The van der Waals surface area contributed by atoms with Crippen LogP contribution in [-0.2, 0) is 0 Å². The Balaban J connectivity index is 2.83. The van der Waals surface area contributed by atoms with Gasteiger partial charge in [-0.25, -0.2) is 0 Å². The Bertz CT molecular complexity index is 479. The molecule has 2 rings (SSSR count). The number of fused-ring (bicyclic) bond motifs is 1. The minimum absolute atomic E-state index is 0.0229.